The van der Waals surface area contributed by atoms with Gasteiger partial charge in [-0.15, -0.1) is 0 Å². The Morgan fingerprint density at radius 3 is 2.24 bits per heavy atom. The SMILES string of the molecule is COc1ccc(/C=N\NC(=O)CN(c2cc(C)ccc2C)S(=O)(=O)c2ccc(C)cc2)cc1. The van der Waals surface area contributed by atoms with E-state index in [2.05, 4.69) is 10.5 Å². The Morgan fingerprint density at radius 2 is 1.61 bits per heavy atom. The Hall–Kier alpha value is -3.65. The fourth-order valence-corrected chi connectivity index (χ4v) is 4.64. The summed E-state index contributed by atoms with van der Waals surface area (Å²) >= 11 is 0. The highest BCUT2D eigenvalue weighted by molar-refractivity contribution is 7.92. The Labute approximate surface area is 194 Å². The number of hydrogen-bond donors (Lipinski definition) is 1. The van der Waals surface area contributed by atoms with Crippen LogP contribution in [0.2, 0.25) is 0 Å². The summed E-state index contributed by atoms with van der Waals surface area (Å²) in [4.78, 5) is 12.8. The number of hydrogen-bond acceptors (Lipinski definition) is 5. The van der Waals surface area contributed by atoms with Gasteiger partial charge < -0.3 is 4.74 Å². The second-order valence-corrected chi connectivity index (χ2v) is 9.54. The van der Waals surface area contributed by atoms with Crippen LogP contribution in [0.5, 0.6) is 5.75 Å². The summed E-state index contributed by atoms with van der Waals surface area (Å²) in [5.74, 6) is 0.151. The largest absolute Gasteiger partial charge is 0.497 e. The standard InChI is InChI=1S/C25H27N3O4S/c1-18-6-13-23(14-7-18)33(30,31)28(24-15-19(2)5-8-20(24)3)17-25(29)27-26-16-21-9-11-22(32-4)12-10-21/h5-16H,17H2,1-4H3,(H,27,29)/b26-16-. The minimum atomic E-state index is -3.98. The average Bonchev–Trinajstić information content (AvgIpc) is 2.80. The lowest BCUT2D eigenvalue weighted by molar-refractivity contribution is -0.119. The maximum absolute atomic E-state index is 13.5. The average molecular weight is 466 g/mol. The third-order valence-electron chi connectivity index (χ3n) is 5.05. The van der Waals surface area contributed by atoms with Crippen molar-refractivity contribution in [2.75, 3.05) is 18.0 Å². The van der Waals surface area contributed by atoms with E-state index < -0.39 is 22.5 Å². The second-order valence-electron chi connectivity index (χ2n) is 7.68. The normalized spacial score (nSPS) is 11.4. The fourth-order valence-electron chi connectivity index (χ4n) is 3.16. The fraction of sp³-hybridized carbons (Fsp3) is 0.200. The summed E-state index contributed by atoms with van der Waals surface area (Å²) < 4.78 is 33.2. The van der Waals surface area contributed by atoms with Crippen molar-refractivity contribution in [3.8, 4) is 5.75 Å². The molecule has 8 heteroatoms. The number of methoxy groups -OCH3 is 1. The van der Waals surface area contributed by atoms with Crippen LogP contribution in [0, 0.1) is 20.8 Å². The van der Waals surface area contributed by atoms with E-state index in [1.807, 2.05) is 32.9 Å². The molecular formula is C25H27N3O4S. The van der Waals surface area contributed by atoms with E-state index in [0.29, 0.717) is 11.4 Å². The summed E-state index contributed by atoms with van der Waals surface area (Å²) in [6, 6.07) is 19.2. The highest BCUT2D eigenvalue weighted by Crippen LogP contribution is 2.28. The van der Waals surface area contributed by atoms with Crippen LogP contribution in [-0.4, -0.2) is 34.2 Å². The van der Waals surface area contributed by atoms with Crippen LogP contribution < -0.4 is 14.5 Å². The molecule has 33 heavy (non-hydrogen) atoms. The molecule has 0 atom stereocenters. The van der Waals surface area contributed by atoms with Gasteiger partial charge in [-0.3, -0.25) is 9.10 Å². The van der Waals surface area contributed by atoms with E-state index in [-0.39, 0.29) is 4.90 Å². The lowest BCUT2D eigenvalue weighted by atomic mass is 10.1. The van der Waals surface area contributed by atoms with E-state index in [1.165, 1.54) is 6.21 Å². The predicted molar refractivity (Wildman–Crippen MR) is 130 cm³/mol. The van der Waals surface area contributed by atoms with Crippen LogP contribution in [0.1, 0.15) is 22.3 Å². The first kappa shape index (κ1) is 24.0. The number of anilines is 1. The van der Waals surface area contributed by atoms with Crippen LogP contribution in [0.3, 0.4) is 0 Å². The highest BCUT2D eigenvalue weighted by Gasteiger charge is 2.28. The van der Waals surface area contributed by atoms with Crippen molar-refractivity contribution in [2.24, 2.45) is 5.10 Å². The molecule has 3 aromatic rings. The molecule has 0 aliphatic carbocycles. The van der Waals surface area contributed by atoms with Crippen molar-refractivity contribution in [1.29, 1.82) is 0 Å². The molecule has 0 radical (unpaired) electrons. The van der Waals surface area contributed by atoms with E-state index in [0.717, 1.165) is 26.6 Å². The zero-order valence-corrected chi connectivity index (χ0v) is 19.9. The van der Waals surface area contributed by atoms with Gasteiger partial charge in [0.15, 0.2) is 0 Å². The molecule has 3 rings (SSSR count). The van der Waals surface area contributed by atoms with Crippen LogP contribution in [0.4, 0.5) is 5.69 Å². The number of ether oxygens (including phenoxy) is 1. The number of hydrazone groups is 1. The van der Waals surface area contributed by atoms with Gasteiger partial charge in [0, 0.05) is 0 Å². The Balaban J connectivity index is 1.86. The number of nitrogens with zero attached hydrogens (tertiary/aromatic N) is 2. The molecule has 0 spiro atoms. The van der Waals surface area contributed by atoms with Gasteiger partial charge in [0.1, 0.15) is 12.3 Å². The highest BCUT2D eigenvalue weighted by atomic mass is 32.2. The van der Waals surface area contributed by atoms with Gasteiger partial charge in [-0.25, -0.2) is 13.8 Å². The van der Waals surface area contributed by atoms with Crippen LogP contribution in [-0.2, 0) is 14.8 Å². The minimum absolute atomic E-state index is 0.114. The Kier molecular flexibility index (Phi) is 7.50. The van der Waals surface area contributed by atoms with Gasteiger partial charge in [-0.1, -0.05) is 29.8 Å². The second kappa shape index (κ2) is 10.3. The third kappa shape index (κ3) is 5.98. The Bertz CT molecular complexity index is 1250. The third-order valence-corrected chi connectivity index (χ3v) is 6.82. The summed E-state index contributed by atoms with van der Waals surface area (Å²) in [6.45, 7) is 5.15. The molecule has 0 aliphatic heterocycles. The van der Waals surface area contributed by atoms with Crippen molar-refractivity contribution in [2.45, 2.75) is 25.7 Å². The number of carbonyl (C=O) groups is 1. The maximum atomic E-state index is 13.5. The minimum Gasteiger partial charge on any atom is -0.497 e. The number of amides is 1. The first-order chi connectivity index (χ1) is 15.7. The number of nitrogens with one attached hydrogen (secondary N) is 1. The van der Waals surface area contributed by atoms with E-state index in [1.54, 1.807) is 61.7 Å². The van der Waals surface area contributed by atoms with Crippen molar-refractivity contribution in [3.05, 3.63) is 89.0 Å². The molecule has 172 valence electrons. The number of rotatable bonds is 8. The summed E-state index contributed by atoms with van der Waals surface area (Å²) in [6.07, 6.45) is 1.48. The molecule has 0 unspecified atom stereocenters. The first-order valence-electron chi connectivity index (χ1n) is 10.3. The van der Waals surface area contributed by atoms with Crippen molar-refractivity contribution in [3.63, 3.8) is 0 Å². The zero-order valence-electron chi connectivity index (χ0n) is 19.1. The van der Waals surface area contributed by atoms with E-state index in [4.69, 9.17) is 4.74 Å². The lowest BCUT2D eigenvalue weighted by Gasteiger charge is -2.25. The molecule has 1 N–H and O–H groups in total. The maximum Gasteiger partial charge on any atom is 0.264 e. The summed E-state index contributed by atoms with van der Waals surface area (Å²) in [7, 11) is -2.40. The summed E-state index contributed by atoms with van der Waals surface area (Å²) in [5, 5.41) is 3.96. The molecule has 0 aliphatic rings. The quantitative estimate of drug-likeness (QED) is 0.403. The van der Waals surface area contributed by atoms with Crippen LogP contribution in [0.25, 0.3) is 0 Å². The van der Waals surface area contributed by atoms with E-state index in [9.17, 15) is 13.2 Å². The van der Waals surface area contributed by atoms with Crippen molar-refractivity contribution in [1.82, 2.24) is 5.43 Å². The first-order valence-corrected chi connectivity index (χ1v) is 11.8. The smallest absolute Gasteiger partial charge is 0.264 e. The molecule has 0 saturated heterocycles. The molecule has 7 nitrogen and oxygen atoms in total. The van der Waals surface area contributed by atoms with Gasteiger partial charge in [-0.05, 0) is 79.9 Å². The number of sulfonamides is 1. The van der Waals surface area contributed by atoms with Crippen LogP contribution in [0.15, 0.2) is 76.7 Å². The molecule has 0 heterocycles. The van der Waals surface area contributed by atoms with Crippen molar-refractivity contribution < 1.29 is 17.9 Å². The molecular weight excluding hydrogens is 438 g/mol. The molecule has 0 aromatic heterocycles. The predicted octanol–water partition coefficient (Wildman–Crippen LogP) is 3.97. The zero-order chi connectivity index (χ0) is 24.0. The van der Waals surface area contributed by atoms with Gasteiger partial charge in [-0.2, -0.15) is 5.10 Å². The Morgan fingerprint density at radius 1 is 0.970 bits per heavy atom. The molecule has 1 amide bonds. The summed E-state index contributed by atoms with van der Waals surface area (Å²) in [5.41, 5.74) is 6.20. The van der Waals surface area contributed by atoms with Crippen molar-refractivity contribution >= 4 is 27.8 Å². The molecule has 0 bridgehead atoms. The monoisotopic (exact) mass is 465 g/mol. The lowest BCUT2D eigenvalue weighted by Crippen LogP contribution is -2.40. The van der Waals surface area contributed by atoms with Crippen LogP contribution >= 0.6 is 0 Å². The van der Waals surface area contributed by atoms with Gasteiger partial charge in [0.25, 0.3) is 15.9 Å². The van der Waals surface area contributed by atoms with Gasteiger partial charge >= 0.3 is 0 Å². The number of benzene rings is 3. The molecule has 3 aromatic carbocycles. The number of aryl methyl sites for hydroxylation is 3. The van der Waals surface area contributed by atoms with E-state index >= 15 is 0 Å². The number of carbonyl (C=O) groups excluding carboxylic acids is 1. The molecule has 0 fully saturated rings. The van der Waals surface area contributed by atoms with Gasteiger partial charge in [0.05, 0.1) is 23.9 Å². The van der Waals surface area contributed by atoms with Gasteiger partial charge in [0.2, 0.25) is 0 Å². The topological polar surface area (TPSA) is 88.1 Å². The molecule has 0 saturated carbocycles.